The molecule has 1 saturated heterocycles. The van der Waals surface area contributed by atoms with Crippen molar-refractivity contribution in [3.05, 3.63) is 57.8 Å². The fourth-order valence-electron chi connectivity index (χ4n) is 3.35. The first-order valence-electron chi connectivity index (χ1n) is 10.1. The summed E-state index contributed by atoms with van der Waals surface area (Å²) in [6, 6.07) is 10.6. The topological polar surface area (TPSA) is 56.7 Å². The second kappa shape index (κ2) is 10.3. The second-order valence-electron chi connectivity index (χ2n) is 7.27. The maximum absolute atomic E-state index is 11.9. The molecule has 1 aromatic carbocycles. The molecular weight excluding hydrogens is 368 g/mol. The lowest BCUT2D eigenvalue weighted by Crippen LogP contribution is -2.39. The summed E-state index contributed by atoms with van der Waals surface area (Å²) in [5, 5.41) is 11.1. The van der Waals surface area contributed by atoms with Crippen molar-refractivity contribution in [2.75, 3.05) is 19.6 Å². The van der Waals surface area contributed by atoms with Crippen LogP contribution in [0.5, 0.6) is 0 Å². The van der Waals surface area contributed by atoms with E-state index in [-0.39, 0.29) is 5.91 Å². The lowest BCUT2D eigenvalue weighted by atomic mass is 10.1. The minimum atomic E-state index is 0.266. The van der Waals surface area contributed by atoms with Crippen LogP contribution in [0.2, 0.25) is 0 Å². The highest BCUT2D eigenvalue weighted by Gasteiger charge is 2.19. The number of likely N-dealkylation sites (tertiary alicyclic amines) is 1. The molecule has 1 aliphatic heterocycles. The van der Waals surface area contributed by atoms with Crippen molar-refractivity contribution < 1.29 is 4.79 Å². The summed E-state index contributed by atoms with van der Waals surface area (Å²) in [7, 11) is 0. The monoisotopic (exact) mass is 398 g/mol. The van der Waals surface area contributed by atoms with Crippen molar-refractivity contribution in [3.63, 3.8) is 0 Å². The van der Waals surface area contributed by atoms with Gasteiger partial charge in [0.25, 0.3) is 0 Å². The number of benzene rings is 1. The first-order chi connectivity index (χ1) is 13.7. The van der Waals surface area contributed by atoms with Crippen LogP contribution in [0.3, 0.4) is 0 Å². The zero-order valence-electron chi connectivity index (χ0n) is 16.8. The molecule has 2 N–H and O–H groups in total. The van der Waals surface area contributed by atoms with Gasteiger partial charge in [-0.2, -0.15) is 11.3 Å². The van der Waals surface area contributed by atoms with Gasteiger partial charge in [0.1, 0.15) is 0 Å². The van der Waals surface area contributed by atoms with Gasteiger partial charge in [0.15, 0.2) is 5.96 Å². The molecule has 1 aliphatic rings. The second-order valence-corrected chi connectivity index (χ2v) is 8.05. The molecular formula is C22H30N4OS. The molecule has 1 fully saturated rings. The first kappa shape index (κ1) is 20.4. The molecule has 2 heterocycles. The molecule has 1 amide bonds. The van der Waals surface area contributed by atoms with Gasteiger partial charge in [-0.25, -0.2) is 4.99 Å². The Kier molecular flexibility index (Phi) is 7.48. The first-order valence-corrected chi connectivity index (χ1v) is 11.0. The molecule has 1 atom stereocenters. The summed E-state index contributed by atoms with van der Waals surface area (Å²) in [4.78, 5) is 18.5. The molecule has 1 unspecified atom stereocenters. The van der Waals surface area contributed by atoms with Gasteiger partial charge in [0, 0.05) is 32.6 Å². The Balaban J connectivity index is 1.57. The molecule has 3 rings (SSSR count). The minimum Gasteiger partial charge on any atom is -0.357 e. The molecule has 0 bridgehead atoms. The van der Waals surface area contributed by atoms with Crippen molar-refractivity contribution in [2.24, 2.45) is 4.99 Å². The van der Waals surface area contributed by atoms with Crippen LogP contribution >= 0.6 is 11.3 Å². The van der Waals surface area contributed by atoms with E-state index >= 15 is 0 Å². The van der Waals surface area contributed by atoms with Crippen molar-refractivity contribution in [1.82, 2.24) is 15.5 Å². The van der Waals surface area contributed by atoms with Crippen LogP contribution < -0.4 is 10.6 Å². The number of aliphatic imine (C=N–C) groups is 1. The maximum atomic E-state index is 11.9. The Morgan fingerprint density at radius 3 is 2.86 bits per heavy atom. The molecule has 6 heteroatoms. The average molecular weight is 399 g/mol. The standard InChI is InChI=1S/C22H30N4OS/c1-3-23-22(24-13-17(2)20-9-11-28-16-20)25-14-18-6-4-7-19(12-18)15-26-10-5-8-21(26)27/h4,6-7,9,11-12,16-17H,3,5,8,10,13-15H2,1-2H3,(H2,23,24,25). The van der Waals surface area contributed by atoms with E-state index in [1.165, 1.54) is 11.1 Å². The number of guanidine groups is 1. The number of nitrogens with one attached hydrogen (secondary N) is 2. The lowest BCUT2D eigenvalue weighted by molar-refractivity contribution is -0.128. The Morgan fingerprint density at radius 2 is 2.14 bits per heavy atom. The summed E-state index contributed by atoms with van der Waals surface area (Å²) in [6.45, 7) is 8.17. The Labute approximate surface area is 171 Å². The smallest absolute Gasteiger partial charge is 0.222 e. The molecule has 2 aromatic rings. The zero-order chi connectivity index (χ0) is 19.8. The van der Waals surface area contributed by atoms with Gasteiger partial charge in [0.05, 0.1) is 6.54 Å². The van der Waals surface area contributed by atoms with Gasteiger partial charge < -0.3 is 15.5 Å². The number of hydrogen-bond acceptors (Lipinski definition) is 3. The van der Waals surface area contributed by atoms with E-state index in [1.807, 2.05) is 4.90 Å². The molecule has 0 aliphatic carbocycles. The predicted octanol–water partition coefficient (Wildman–Crippen LogP) is 3.73. The van der Waals surface area contributed by atoms with Crippen molar-refractivity contribution in [2.45, 2.75) is 45.7 Å². The highest BCUT2D eigenvalue weighted by Crippen LogP contribution is 2.17. The molecule has 0 saturated carbocycles. The van der Waals surface area contributed by atoms with E-state index in [9.17, 15) is 4.79 Å². The molecule has 150 valence electrons. The normalized spacial score (nSPS) is 15.7. The van der Waals surface area contributed by atoms with Crippen LogP contribution in [-0.4, -0.2) is 36.4 Å². The summed E-state index contributed by atoms with van der Waals surface area (Å²) in [6.07, 6.45) is 1.66. The van der Waals surface area contributed by atoms with E-state index in [0.717, 1.165) is 37.6 Å². The number of thiophene rings is 1. The molecule has 5 nitrogen and oxygen atoms in total. The fourth-order valence-corrected chi connectivity index (χ4v) is 4.14. The highest BCUT2D eigenvalue weighted by molar-refractivity contribution is 7.07. The highest BCUT2D eigenvalue weighted by atomic mass is 32.1. The third-order valence-electron chi connectivity index (χ3n) is 4.99. The van der Waals surface area contributed by atoms with Gasteiger partial charge in [-0.15, -0.1) is 0 Å². The molecule has 0 radical (unpaired) electrons. The molecule has 28 heavy (non-hydrogen) atoms. The van der Waals surface area contributed by atoms with Crippen LogP contribution in [0.25, 0.3) is 0 Å². The number of carbonyl (C=O) groups is 1. The number of amides is 1. The van der Waals surface area contributed by atoms with Crippen molar-refractivity contribution >= 4 is 23.2 Å². The van der Waals surface area contributed by atoms with Crippen LogP contribution in [-0.2, 0) is 17.9 Å². The SMILES string of the molecule is CCNC(=NCc1cccc(CN2CCCC2=O)c1)NCC(C)c1ccsc1. The van der Waals surface area contributed by atoms with Crippen molar-refractivity contribution in [1.29, 1.82) is 0 Å². The number of hydrogen-bond donors (Lipinski definition) is 2. The summed E-state index contributed by atoms with van der Waals surface area (Å²) >= 11 is 1.73. The Morgan fingerprint density at radius 1 is 1.29 bits per heavy atom. The minimum absolute atomic E-state index is 0.266. The molecule has 1 aromatic heterocycles. The third-order valence-corrected chi connectivity index (χ3v) is 5.69. The largest absolute Gasteiger partial charge is 0.357 e. The average Bonchev–Trinajstić information content (AvgIpc) is 3.37. The van der Waals surface area contributed by atoms with Crippen LogP contribution in [0.4, 0.5) is 0 Å². The van der Waals surface area contributed by atoms with Crippen LogP contribution in [0.15, 0.2) is 46.1 Å². The van der Waals surface area contributed by atoms with Gasteiger partial charge in [-0.1, -0.05) is 31.2 Å². The van der Waals surface area contributed by atoms with E-state index in [0.29, 0.717) is 25.4 Å². The quantitative estimate of drug-likeness (QED) is 0.526. The van der Waals surface area contributed by atoms with Crippen LogP contribution in [0, 0.1) is 0 Å². The van der Waals surface area contributed by atoms with Gasteiger partial charge >= 0.3 is 0 Å². The fraction of sp³-hybridized carbons (Fsp3) is 0.455. The Bertz CT molecular complexity index is 788. The predicted molar refractivity (Wildman–Crippen MR) is 117 cm³/mol. The van der Waals surface area contributed by atoms with E-state index in [1.54, 1.807) is 11.3 Å². The maximum Gasteiger partial charge on any atom is 0.222 e. The van der Waals surface area contributed by atoms with E-state index in [2.05, 4.69) is 65.6 Å². The molecule has 0 spiro atoms. The Hall–Kier alpha value is -2.34. The van der Waals surface area contributed by atoms with E-state index in [4.69, 9.17) is 4.99 Å². The number of rotatable bonds is 8. The van der Waals surface area contributed by atoms with Gasteiger partial charge in [-0.3, -0.25) is 4.79 Å². The third kappa shape index (κ3) is 5.83. The summed E-state index contributed by atoms with van der Waals surface area (Å²) < 4.78 is 0. The van der Waals surface area contributed by atoms with E-state index < -0.39 is 0 Å². The zero-order valence-corrected chi connectivity index (χ0v) is 17.6. The lowest BCUT2D eigenvalue weighted by Gasteiger charge is -2.16. The van der Waals surface area contributed by atoms with Crippen molar-refractivity contribution in [3.8, 4) is 0 Å². The van der Waals surface area contributed by atoms with Gasteiger partial charge in [0.2, 0.25) is 5.91 Å². The number of carbonyl (C=O) groups excluding carboxylic acids is 1. The summed E-state index contributed by atoms with van der Waals surface area (Å²) in [5.41, 5.74) is 3.69. The van der Waals surface area contributed by atoms with Gasteiger partial charge in [-0.05, 0) is 52.8 Å². The number of nitrogens with zero attached hydrogens (tertiary/aromatic N) is 2. The van der Waals surface area contributed by atoms with Crippen LogP contribution in [0.1, 0.15) is 49.3 Å². The summed E-state index contributed by atoms with van der Waals surface area (Å²) in [5.74, 6) is 1.54.